The number of nitrogens with zero attached hydrogens (tertiary/aromatic N) is 2. The van der Waals surface area contributed by atoms with Crippen molar-refractivity contribution in [1.82, 2.24) is 9.97 Å². The van der Waals surface area contributed by atoms with Crippen LogP contribution < -0.4 is 9.47 Å². The van der Waals surface area contributed by atoms with Gasteiger partial charge in [0.1, 0.15) is 5.82 Å². The molecule has 7 nitrogen and oxygen atoms in total. The highest BCUT2D eigenvalue weighted by Crippen LogP contribution is 2.33. The Morgan fingerprint density at radius 3 is 2.54 bits per heavy atom. The molecule has 0 atom stereocenters. The monoisotopic (exact) mass is 327 g/mol. The van der Waals surface area contributed by atoms with E-state index < -0.39 is 4.92 Å². The van der Waals surface area contributed by atoms with Crippen LogP contribution in [0.2, 0.25) is 0 Å². The Hall–Kier alpha value is -3.09. The first kappa shape index (κ1) is 15.8. The van der Waals surface area contributed by atoms with Gasteiger partial charge in [0.15, 0.2) is 11.5 Å². The second-order valence-electron chi connectivity index (χ2n) is 5.07. The Balaban J connectivity index is 2.03. The lowest BCUT2D eigenvalue weighted by Crippen LogP contribution is -1.98. The quantitative estimate of drug-likeness (QED) is 0.547. The summed E-state index contributed by atoms with van der Waals surface area (Å²) in [6.45, 7) is 4.89. The van der Waals surface area contributed by atoms with Crippen LogP contribution in [0.4, 0.5) is 5.69 Å². The molecule has 0 unspecified atom stereocenters. The third-order valence-electron chi connectivity index (χ3n) is 3.49. The van der Waals surface area contributed by atoms with Gasteiger partial charge in [-0.3, -0.25) is 10.1 Å². The average molecular weight is 327 g/mol. The molecule has 1 aromatic heterocycles. The Kier molecular flexibility index (Phi) is 4.33. The van der Waals surface area contributed by atoms with E-state index in [1.54, 1.807) is 6.07 Å². The fraction of sp³-hybridized carbons (Fsp3) is 0.235. The maximum Gasteiger partial charge on any atom is 0.271 e. The van der Waals surface area contributed by atoms with Crippen molar-refractivity contribution in [3.05, 3.63) is 46.5 Å². The minimum absolute atomic E-state index is 0.0272. The summed E-state index contributed by atoms with van der Waals surface area (Å²) in [5.74, 6) is 1.94. The first-order chi connectivity index (χ1) is 11.6. The average Bonchev–Trinajstić information content (AvgIpc) is 3.00. The van der Waals surface area contributed by atoms with E-state index >= 15 is 0 Å². The van der Waals surface area contributed by atoms with Crippen LogP contribution in [-0.2, 0) is 0 Å². The molecule has 1 N–H and O–H groups in total. The maximum absolute atomic E-state index is 10.9. The predicted octanol–water partition coefficient (Wildman–Crippen LogP) is 3.94. The molecule has 0 aliphatic heterocycles. The Labute approximate surface area is 138 Å². The van der Waals surface area contributed by atoms with E-state index in [0.717, 1.165) is 5.56 Å². The van der Waals surface area contributed by atoms with Crippen molar-refractivity contribution < 1.29 is 14.4 Å². The fourth-order valence-corrected chi connectivity index (χ4v) is 2.45. The van der Waals surface area contributed by atoms with Crippen LogP contribution in [0.1, 0.15) is 13.8 Å². The Morgan fingerprint density at radius 1 is 1.08 bits per heavy atom. The zero-order chi connectivity index (χ0) is 17.1. The van der Waals surface area contributed by atoms with E-state index in [9.17, 15) is 10.1 Å². The number of rotatable bonds is 6. The van der Waals surface area contributed by atoms with Crippen molar-refractivity contribution in [1.29, 1.82) is 0 Å². The van der Waals surface area contributed by atoms with Gasteiger partial charge in [-0.2, -0.15) is 0 Å². The topological polar surface area (TPSA) is 90.3 Å². The molecule has 0 bridgehead atoms. The first-order valence-corrected chi connectivity index (χ1v) is 7.66. The summed E-state index contributed by atoms with van der Waals surface area (Å²) in [5, 5.41) is 10.9. The molecule has 0 aliphatic rings. The second kappa shape index (κ2) is 6.57. The number of ether oxygens (including phenoxy) is 2. The predicted molar refractivity (Wildman–Crippen MR) is 90.5 cm³/mol. The lowest BCUT2D eigenvalue weighted by molar-refractivity contribution is -0.384. The van der Waals surface area contributed by atoms with Crippen LogP contribution in [0, 0.1) is 10.1 Å². The van der Waals surface area contributed by atoms with E-state index in [1.165, 1.54) is 12.1 Å². The molecule has 7 heteroatoms. The number of H-pyrrole nitrogens is 1. The summed E-state index contributed by atoms with van der Waals surface area (Å²) in [6, 6.07) is 10.1. The summed E-state index contributed by atoms with van der Waals surface area (Å²) in [4.78, 5) is 18.1. The number of benzene rings is 2. The number of aromatic nitrogens is 2. The van der Waals surface area contributed by atoms with Gasteiger partial charge in [-0.25, -0.2) is 4.98 Å². The van der Waals surface area contributed by atoms with Crippen molar-refractivity contribution in [2.24, 2.45) is 0 Å². The number of aromatic amines is 1. The minimum atomic E-state index is -0.427. The lowest BCUT2D eigenvalue weighted by Gasteiger charge is -2.11. The van der Waals surface area contributed by atoms with E-state index in [1.807, 2.05) is 32.0 Å². The van der Waals surface area contributed by atoms with Crippen molar-refractivity contribution in [3.63, 3.8) is 0 Å². The molecule has 0 saturated heterocycles. The normalized spacial score (nSPS) is 10.8. The lowest BCUT2D eigenvalue weighted by atomic mass is 10.2. The molecule has 0 radical (unpaired) electrons. The SMILES string of the molecule is CCOc1ccc(-c2nc3ccc([N+](=O)[O-])cc3[nH]2)cc1OCC. The highest BCUT2D eigenvalue weighted by atomic mass is 16.6. The number of hydrogen-bond acceptors (Lipinski definition) is 5. The molecular formula is C17H17N3O4. The maximum atomic E-state index is 10.9. The van der Waals surface area contributed by atoms with E-state index in [2.05, 4.69) is 9.97 Å². The summed E-state index contributed by atoms with van der Waals surface area (Å²) in [5.41, 5.74) is 2.13. The van der Waals surface area contributed by atoms with Gasteiger partial charge >= 0.3 is 0 Å². The Morgan fingerprint density at radius 2 is 1.83 bits per heavy atom. The van der Waals surface area contributed by atoms with Crippen LogP contribution >= 0.6 is 0 Å². The summed E-state index contributed by atoms with van der Waals surface area (Å²) in [6.07, 6.45) is 0. The number of nitro groups is 1. The summed E-state index contributed by atoms with van der Waals surface area (Å²) >= 11 is 0. The van der Waals surface area contributed by atoms with Gasteiger partial charge in [0.2, 0.25) is 0 Å². The van der Waals surface area contributed by atoms with Gasteiger partial charge in [-0.05, 0) is 38.1 Å². The number of nitrogens with one attached hydrogen (secondary N) is 1. The molecular weight excluding hydrogens is 310 g/mol. The third kappa shape index (κ3) is 3.01. The zero-order valence-corrected chi connectivity index (χ0v) is 13.4. The van der Waals surface area contributed by atoms with Crippen LogP contribution in [0.3, 0.4) is 0 Å². The number of fused-ring (bicyclic) bond motifs is 1. The number of non-ortho nitro benzene ring substituents is 1. The van der Waals surface area contributed by atoms with E-state index in [0.29, 0.717) is 41.6 Å². The van der Waals surface area contributed by atoms with Gasteiger partial charge in [0.05, 0.1) is 29.2 Å². The molecule has 3 aromatic rings. The second-order valence-corrected chi connectivity index (χ2v) is 5.07. The van der Waals surface area contributed by atoms with Gasteiger partial charge in [-0.15, -0.1) is 0 Å². The standard InChI is InChI=1S/C17H17N3O4/c1-3-23-15-8-5-11(9-16(15)24-4-2)17-18-13-7-6-12(20(21)22)10-14(13)19-17/h5-10H,3-4H2,1-2H3,(H,18,19). The minimum Gasteiger partial charge on any atom is -0.490 e. The molecule has 3 rings (SSSR count). The smallest absolute Gasteiger partial charge is 0.271 e. The molecule has 2 aromatic carbocycles. The molecule has 0 spiro atoms. The van der Waals surface area contributed by atoms with Gasteiger partial charge in [0, 0.05) is 17.7 Å². The molecule has 1 heterocycles. The zero-order valence-electron chi connectivity index (χ0n) is 13.4. The largest absolute Gasteiger partial charge is 0.490 e. The first-order valence-electron chi connectivity index (χ1n) is 7.66. The molecule has 0 aliphatic carbocycles. The van der Waals surface area contributed by atoms with Crippen molar-refractivity contribution >= 4 is 16.7 Å². The number of imidazole rings is 1. The molecule has 0 amide bonds. The van der Waals surface area contributed by atoms with Crippen LogP contribution in [0.5, 0.6) is 11.5 Å². The Bertz CT molecular complexity index is 889. The van der Waals surface area contributed by atoms with Crippen LogP contribution in [0.25, 0.3) is 22.4 Å². The third-order valence-corrected chi connectivity index (χ3v) is 3.49. The number of nitro benzene ring substituents is 1. The highest BCUT2D eigenvalue weighted by Gasteiger charge is 2.13. The van der Waals surface area contributed by atoms with Crippen LogP contribution in [0.15, 0.2) is 36.4 Å². The molecule has 124 valence electrons. The molecule has 0 saturated carbocycles. The molecule has 24 heavy (non-hydrogen) atoms. The summed E-state index contributed by atoms with van der Waals surface area (Å²) < 4.78 is 11.2. The fourth-order valence-electron chi connectivity index (χ4n) is 2.45. The van der Waals surface area contributed by atoms with Crippen molar-refractivity contribution in [2.45, 2.75) is 13.8 Å². The van der Waals surface area contributed by atoms with Gasteiger partial charge in [0.25, 0.3) is 5.69 Å². The van der Waals surface area contributed by atoms with Crippen LogP contribution in [-0.4, -0.2) is 28.1 Å². The summed E-state index contributed by atoms with van der Waals surface area (Å²) in [7, 11) is 0. The van der Waals surface area contributed by atoms with Gasteiger partial charge < -0.3 is 14.5 Å². The molecule has 0 fully saturated rings. The van der Waals surface area contributed by atoms with E-state index in [-0.39, 0.29) is 5.69 Å². The van der Waals surface area contributed by atoms with Crippen molar-refractivity contribution in [3.8, 4) is 22.9 Å². The van der Waals surface area contributed by atoms with Gasteiger partial charge in [-0.1, -0.05) is 0 Å². The van der Waals surface area contributed by atoms with Crippen molar-refractivity contribution in [2.75, 3.05) is 13.2 Å². The number of hydrogen-bond donors (Lipinski definition) is 1. The highest BCUT2D eigenvalue weighted by molar-refractivity contribution is 5.81. The van der Waals surface area contributed by atoms with E-state index in [4.69, 9.17) is 9.47 Å².